The van der Waals surface area contributed by atoms with E-state index in [0.29, 0.717) is 12.4 Å². The number of fused-ring (bicyclic) bond motifs is 1. The molecule has 0 aliphatic carbocycles. The van der Waals surface area contributed by atoms with Crippen LogP contribution >= 0.6 is 15.9 Å². The Hall–Kier alpha value is -2.30. The summed E-state index contributed by atoms with van der Waals surface area (Å²) in [5.74, 6) is 1.44. The van der Waals surface area contributed by atoms with E-state index in [1.54, 1.807) is 13.2 Å². The van der Waals surface area contributed by atoms with Crippen molar-refractivity contribution < 1.29 is 14.6 Å². The van der Waals surface area contributed by atoms with Crippen LogP contribution in [0.2, 0.25) is 0 Å². The molecular formula is C21H19BrO3. The third kappa shape index (κ3) is 3.55. The first kappa shape index (κ1) is 17.5. The van der Waals surface area contributed by atoms with Gasteiger partial charge in [-0.2, -0.15) is 0 Å². The van der Waals surface area contributed by atoms with Gasteiger partial charge in [-0.3, -0.25) is 0 Å². The molecule has 0 aliphatic heterocycles. The highest BCUT2D eigenvalue weighted by atomic mass is 79.9. The molecule has 3 aromatic carbocycles. The molecule has 0 fully saturated rings. The Labute approximate surface area is 155 Å². The fraction of sp³-hybridized carbons (Fsp3) is 0.143. The number of aliphatic hydroxyl groups excluding tert-OH is 1. The van der Waals surface area contributed by atoms with Crippen LogP contribution in [0.15, 0.2) is 71.7 Å². The molecule has 0 spiro atoms. The molecule has 1 unspecified atom stereocenters. The molecule has 0 heterocycles. The first-order chi connectivity index (χ1) is 12.2. The summed E-state index contributed by atoms with van der Waals surface area (Å²) in [6, 6.07) is 17.2. The number of benzene rings is 3. The Morgan fingerprint density at radius 2 is 1.84 bits per heavy atom. The lowest BCUT2D eigenvalue weighted by atomic mass is 9.95. The summed E-state index contributed by atoms with van der Waals surface area (Å²) < 4.78 is 12.3. The van der Waals surface area contributed by atoms with E-state index in [2.05, 4.69) is 22.5 Å². The van der Waals surface area contributed by atoms with Crippen molar-refractivity contribution in [2.75, 3.05) is 13.7 Å². The highest BCUT2D eigenvalue weighted by Crippen LogP contribution is 2.39. The fourth-order valence-electron chi connectivity index (χ4n) is 2.87. The Morgan fingerprint density at radius 1 is 1.08 bits per heavy atom. The van der Waals surface area contributed by atoms with Gasteiger partial charge in [-0.05, 0) is 35.4 Å². The summed E-state index contributed by atoms with van der Waals surface area (Å²) in [4.78, 5) is 0. The lowest BCUT2D eigenvalue weighted by Crippen LogP contribution is -2.03. The van der Waals surface area contributed by atoms with E-state index in [1.807, 2.05) is 54.6 Å². The lowest BCUT2D eigenvalue weighted by Gasteiger charge is -2.18. The zero-order valence-corrected chi connectivity index (χ0v) is 15.5. The van der Waals surface area contributed by atoms with Gasteiger partial charge in [-0.15, -0.1) is 0 Å². The molecule has 3 aromatic rings. The van der Waals surface area contributed by atoms with Gasteiger partial charge in [0.25, 0.3) is 0 Å². The van der Waals surface area contributed by atoms with E-state index >= 15 is 0 Å². The van der Waals surface area contributed by atoms with Crippen molar-refractivity contribution >= 4 is 26.7 Å². The van der Waals surface area contributed by atoms with Gasteiger partial charge in [-0.1, -0.05) is 58.9 Å². The minimum Gasteiger partial charge on any atom is -0.496 e. The maximum Gasteiger partial charge on any atom is 0.128 e. The van der Waals surface area contributed by atoms with E-state index < -0.39 is 6.10 Å². The van der Waals surface area contributed by atoms with Crippen LogP contribution in [0.5, 0.6) is 11.5 Å². The number of hydrogen-bond acceptors (Lipinski definition) is 3. The van der Waals surface area contributed by atoms with Gasteiger partial charge in [0.15, 0.2) is 0 Å². The minimum atomic E-state index is -0.769. The molecule has 25 heavy (non-hydrogen) atoms. The first-order valence-electron chi connectivity index (χ1n) is 7.92. The molecule has 1 N–H and O–H groups in total. The van der Waals surface area contributed by atoms with Crippen LogP contribution < -0.4 is 9.47 Å². The van der Waals surface area contributed by atoms with Crippen molar-refractivity contribution in [3.8, 4) is 11.5 Å². The Kier molecular flexibility index (Phi) is 5.41. The second-order valence-corrected chi connectivity index (χ2v) is 6.51. The molecule has 3 nitrogen and oxygen atoms in total. The molecule has 0 saturated carbocycles. The Balaban J connectivity index is 2.19. The van der Waals surface area contributed by atoms with Crippen molar-refractivity contribution in [1.29, 1.82) is 0 Å². The second-order valence-electron chi connectivity index (χ2n) is 5.59. The zero-order valence-electron chi connectivity index (χ0n) is 13.9. The average molecular weight is 399 g/mol. The topological polar surface area (TPSA) is 38.7 Å². The third-order valence-electron chi connectivity index (χ3n) is 4.05. The standard InChI is InChI=1S/C21H19BrO3/c1-3-13-25-19-6-4-5-16-18(24-2)12-11-17(20(16)19)21(23)14-7-9-15(22)10-8-14/h3-12,21,23H,1,13H2,2H3. The number of rotatable bonds is 6. The molecule has 0 amide bonds. The zero-order chi connectivity index (χ0) is 17.8. The van der Waals surface area contributed by atoms with E-state index in [1.165, 1.54) is 0 Å². The van der Waals surface area contributed by atoms with Crippen molar-refractivity contribution in [3.05, 3.63) is 82.9 Å². The predicted octanol–water partition coefficient (Wildman–Crippen LogP) is 5.26. The smallest absolute Gasteiger partial charge is 0.128 e. The van der Waals surface area contributed by atoms with Crippen LogP contribution in [0, 0.1) is 0 Å². The van der Waals surface area contributed by atoms with Gasteiger partial charge in [0.05, 0.1) is 7.11 Å². The summed E-state index contributed by atoms with van der Waals surface area (Å²) in [7, 11) is 1.64. The number of methoxy groups -OCH3 is 1. The number of ether oxygens (including phenoxy) is 2. The van der Waals surface area contributed by atoms with Gasteiger partial charge in [0, 0.05) is 15.2 Å². The minimum absolute atomic E-state index is 0.393. The van der Waals surface area contributed by atoms with Gasteiger partial charge < -0.3 is 14.6 Å². The quantitative estimate of drug-likeness (QED) is 0.575. The molecule has 1 atom stereocenters. The summed E-state index contributed by atoms with van der Waals surface area (Å²) in [6.45, 7) is 4.09. The molecule has 0 radical (unpaired) electrons. The van der Waals surface area contributed by atoms with Crippen LogP contribution in [0.25, 0.3) is 10.8 Å². The van der Waals surface area contributed by atoms with Crippen LogP contribution in [0.3, 0.4) is 0 Å². The van der Waals surface area contributed by atoms with Crippen LogP contribution in [-0.2, 0) is 0 Å². The summed E-state index contributed by atoms with van der Waals surface area (Å²) in [6.07, 6.45) is 0.930. The van der Waals surface area contributed by atoms with Gasteiger partial charge in [-0.25, -0.2) is 0 Å². The molecule has 0 saturated heterocycles. The van der Waals surface area contributed by atoms with Crippen molar-refractivity contribution in [1.82, 2.24) is 0 Å². The van der Waals surface area contributed by atoms with E-state index in [9.17, 15) is 5.11 Å². The maximum atomic E-state index is 11.0. The molecule has 0 aromatic heterocycles. The van der Waals surface area contributed by atoms with Crippen LogP contribution in [-0.4, -0.2) is 18.8 Å². The van der Waals surface area contributed by atoms with E-state index in [4.69, 9.17) is 9.47 Å². The number of aliphatic hydroxyl groups is 1. The largest absolute Gasteiger partial charge is 0.496 e. The van der Waals surface area contributed by atoms with Crippen molar-refractivity contribution in [2.45, 2.75) is 6.10 Å². The van der Waals surface area contributed by atoms with Gasteiger partial charge in [0.1, 0.15) is 24.2 Å². The monoisotopic (exact) mass is 398 g/mol. The predicted molar refractivity (Wildman–Crippen MR) is 104 cm³/mol. The highest BCUT2D eigenvalue weighted by molar-refractivity contribution is 9.10. The number of halogens is 1. The average Bonchev–Trinajstić information content (AvgIpc) is 2.65. The van der Waals surface area contributed by atoms with E-state index in [-0.39, 0.29) is 0 Å². The second kappa shape index (κ2) is 7.72. The van der Waals surface area contributed by atoms with Gasteiger partial charge in [0.2, 0.25) is 0 Å². The summed E-state index contributed by atoms with van der Waals surface area (Å²) in [5.41, 5.74) is 1.59. The molecule has 128 valence electrons. The lowest BCUT2D eigenvalue weighted by molar-refractivity contribution is 0.221. The fourth-order valence-corrected chi connectivity index (χ4v) is 3.14. The van der Waals surface area contributed by atoms with E-state index in [0.717, 1.165) is 32.1 Å². The van der Waals surface area contributed by atoms with Gasteiger partial charge >= 0.3 is 0 Å². The number of hydrogen-bond donors (Lipinski definition) is 1. The first-order valence-corrected chi connectivity index (χ1v) is 8.72. The Morgan fingerprint density at radius 3 is 2.52 bits per heavy atom. The summed E-state index contributed by atoms with van der Waals surface area (Å²) >= 11 is 3.42. The van der Waals surface area contributed by atoms with Crippen molar-refractivity contribution in [3.63, 3.8) is 0 Å². The molecule has 3 rings (SSSR count). The molecule has 0 bridgehead atoms. The highest BCUT2D eigenvalue weighted by Gasteiger charge is 2.18. The summed E-state index contributed by atoms with van der Waals surface area (Å²) in [5, 5.41) is 12.7. The van der Waals surface area contributed by atoms with Crippen molar-refractivity contribution in [2.24, 2.45) is 0 Å². The molecule has 0 aliphatic rings. The Bertz CT molecular complexity index is 888. The molecule has 4 heteroatoms. The van der Waals surface area contributed by atoms with Crippen LogP contribution in [0.4, 0.5) is 0 Å². The maximum absolute atomic E-state index is 11.0. The third-order valence-corrected chi connectivity index (χ3v) is 4.58. The SMILES string of the molecule is C=CCOc1cccc2c(OC)ccc(C(O)c3ccc(Br)cc3)c12. The van der Waals surface area contributed by atoms with Crippen LogP contribution in [0.1, 0.15) is 17.2 Å². The normalized spacial score (nSPS) is 12.0. The molecular weight excluding hydrogens is 380 g/mol.